The van der Waals surface area contributed by atoms with E-state index in [-0.39, 0.29) is 36.3 Å². The number of nitrogens with one attached hydrogen (secondary N) is 2. The lowest BCUT2D eigenvalue weighted by Gasteiger charge is -2.21. The van der Waals surface area contributed by atoms with Crippen molar-refractivity contribution in [3.05, 3.63) is 89.7 Å². The lowest BCUT2D eigenvalue weighted by molar-refractivity contribution is -0.143. The summed E-state index contributed by atoms with van der Waals surface area (Å²) < 4.78 is 34.8. The van der Waals surface area contributed by atoms with Gasteiger partial charge in [-0.2, -0.15) is 4.31 Å². The zero-order valence-electron chi connectivity index (χ0n) is 21.6. The van der Waals surface area contributed by atoms with Crippen molar-refractivity contribution in [3.63, 3.8) is 0 Å². The van der Waals surface area contributed by atoms with Crippen LogP contribution in [0.1, 0.15) is 23.9 Å². The van der Waals surface area contributed by atoms with Gasteiger partial charge in [0.25, 0.3) is 0 Å². The van der Waals surface area contributed by atoms with E-state index in [4.69, 9.17) is 20.9 Å². The summed E-state index contributed by atoms with van der Waals surface area (Å²) >= 11 is 0. The molecule has 4 rings (SSSR count). The number of imidazole rings is 1. The smallest absolute Gasteiger partial charge is 0.321 e. The molecule has 4 aromatic rings. The van der Waals surface area contributed by atoms with Gasteiger partial charge in [-0.1, -0.05) is 24.3 Å². The van der Waals surface area contributed by atoms with E-state index in [1.165, 1.54) is 12.1 Å². The summed E-state index contributed by atoms with van der Waals surface area (Å²) in [5, 5.41) is 10.8. The van der Waals surface area contributed by atoms with E-state index in [9.17, 15) is 13.2 Å². The fraction of sp³-hybridized carbons (Fsp3) is 0.222. The highest BCUT2D eigenvalue weighted by Crippen LogP contribution is 2.22. The Morgan fingerprint density at radius 3 is 2.44 bits per heavy atom. The third-order valence-electron chi connectivity index (χ3n) is 6.04. The Labute approximate surface area is 233 Å². The number of esters is 1. The Hall–Kier alpha value is -3.93. The summed E-state index contributed by atoms with van der Waals surface area (Å²) in [5.41, 5.74) is 9.32. The molecule has 0 aliphatic rings. The van der Waals surface area contributed by atoms with Crippen LogP contribution in [0.3, 0.4) is 0 Å². The molecule has 0 aliphatic carbocycles. The highest BCUT2D eigenvalue weighted by molar-refractivity contribution is 7.89. The lowest BCUT2D eigenvalue weighted by Crippen LogP contribution is -2.36. The average Bonchev–Trinajstić information content (AvgIpc) is 3.22. The number of nitrogen functional groups attached to an aromatic ring is 1. The van der Waals surface area contributed by atoms with Crippen LogP contribution in [0, 0.1) is 5.41 Å². The Bertz CT molecular complexity index is 1560. The zero-order chi connectivity index (χ0) is 27.3. The van der Waals surface area contributed by atoms with Crippen molar-refractivity contribution in [1.29, 1.82) is 5.41 Å². The zero-order valence-corrected chi connectivity index (χ0v) is 23.3. The number of benzene rings is 3. The third-order valence-corrected chi connectivity index (χ3v) is 7.84. The van der Waals surface area contributed by atoms with Crippen molar-refractivity contribution in [2.75, 3.05) is 18.5 Å². The minimum absolute atomic E-state index is 0. The van der Waals surface area contributed by atoms with Crippen molar-refractivity contribution in [1.82, 2.24) is 13.9 Å². The number of carbonyl (C=O) groups excluding carboxylic acids is 1. The molecule has 1 heterocycles. The van der Waals surface area contributed by atoms with Gasteiger partial charge >= 0.3 is 5.97 Å². The Morgan fingerprint density at radius 2 is 1.79 bits per heavy atom. The first-order chi connectivity index (χ1) is 18.2. The summed E-state index contributed by atoms with van der Waals surface area (Å²) in [4.78, 5) is 17.1. The molecule has 0 radical (unpaired) electrons. The molecule has 0 fully saturated rings. The summed E-state index contributed by atoms with van der Waals surface area (Å²) in [7, 11) is -2.03. The Morgan fingerprint density at radius 1 is 1.10 bits per heavy atom. The minimum atomic E-state index is -3.94. The van der Waals surface area contributed by atoms with Crippen molar-refractivity contribution in [3.8, 4) is 0 Å². The molecule has 206 valence electrons. The molecule has 0 unspecified atom stereocenters. The van der Waals surface area contributed by atoms with E-state index < -0.39 is 22.5 Å². The number of halogens is 1. The molecule has 0 aliphatic heterocycles. The van der Waals surface area contributed by atoms with E-state index >= 15 is 0 Å². The number of hydrogen-bond acceptors (Lipinski definition) is 7. The van der Waals surface area contributed by atoms with Crippen LogP contribution < -0.4 is 11.1 Å². The molecular formula is C27H31ClN6O4S. The fourth-order valence-corrected chi connectivity index (χ4v) is 5.42. The number of fused-ring (bicyclic) bond motifs is 1. The number of nitrogens with two attached hydrogens (primary N) is 1. The third kappa shape index (κ3) is 6.94. The SMILES string of the molecule is CCOC(=O)CN(Cc1ccc2c(c1)nc(CNc1ccc(C(=N)N)cc1)n2C)S(=O)(=O)c1ccccc1.Cl. The van der Waals surface area contributed by atoms with E-state index in [1.54, 1.807) is 37.3 Å². The van der Waals surface area contributed by atoms with E-state index in [0.29, 0.717) is 23.2 Å². The van der Waals surface area contributed by atoms with Crippen LogP contribution in [0.4, 0.5) is 5.69 Å². The quantitative estimate of drug-likeness (QED) is 0.142. The van der Waals surface area contributed by atoms with Gasteiger partial charge in [-0.25, -0.2) is 13.4 Å². The Kier molecular flexibility index (Phi) is 9.68. The number of carbonyl (C=O) groups is 1. The largest absolute Gasteiger partial charge is 0.465 e. The second-order valence-corrected chi connectivity index (χ2v) is 10.6. The molecule has 12 heteroatoms. The maximum absolute atomic E-state index is 13.3. The lowest BCUT2D eigenvalue weighted by atomic mass is 10.2. The molecule has 4 N–H and O–H groups in total. The number of ether oxygens (including phenoxy) is 1. The summed E-state index contributed by atoms with van der Waals surface area (Å²) in [6, 6.07) is 20.8. The first-order valence-electron chi connectivity index (χ1n) is 12.0. The van der Waals surface area contributed by atoms with Crippen molar-refractivity contribution >= 4 is 51.0 Å². The van der Waals surface area contributed by atoms with Crippen molar-refractivity contribution in [2.45, 2.75) is 24.9 Å². The van der Waals surface area contributed by atoms with Gasteiger partial charge in [0.05, 0.1) is 29.1 Å². The summed E-state index contributed by atoms with van der Waals surface area (Å²) in [6.07, 6.45) is 0. The normalized spacial score (nSPS) is 11.3. The number of sulfonamides is 1. The number of anilines is 1. The van der Waals surface area contributed by atoms with Gasteiger partial charge < -0.3 is 20.4 Å². The monoisotopic (exact) mass is 570 g/mol. The number of hydrogen-bond donors (Lipinski definition) is 3. The highest BCUT2D eigenvalue weighted by atomic mass is 35.5. The predicted octanol–water partition coefficient (Wildman–Crippen LogP) is 3.65. The molecule has 10 nitrogen and oxygen atoms in total. The van der Waals surface area contributed by atoms with Crippen LogP contribution in [0.2, 0.25) is 0 Å². The maximum Gasteiger partial charge on any atom is 0.321 e. The molecule has 39 heavy (non-hydrogen) atoms. The van der Waals surface area contributed by atoms with Crippen LogP contribution in [-0.4, -0.2) is 47.2 Å². The van der Waals surface area contributed by atoms with Gasteiger partial charge in [0.2, 0.25) is 10.0 Å². The number of aryl methyl sites for hydroxylation is 1. The van der Waals surface area contributed by atoms with Gasteiger partial charge in [-0.05, 0) is 61.0 Å². The molecule has 0 spiro atoms. The number of nitrogens with zero attached hydrogens (tertiary/aromatic N) is 3. The van der Waals surface area contributed by atoms with Crippen molar-refractivity contribution in [2.24, 2.45) is 12.8 Å². The molecule has 0 amide bonds. The van der Waals surface area contributed by atoms with Crippen LogP contribution in [-0.2, 0) is 39.7 Å². The topological polar surface area (TPSA) is 143 Å². The summed E-state index contributed by atoms with van der Waals surface area (Å²) in [5.74, 6) is 0.184. The van der Waals surface area contributed by atoms with Gasteiger partial charge in [0.15, 0.2) is 0 Å². The minimum Gasteiger partial charge on any atom is -0.465 e. The van der Waals surface area contributed by atoms with E-state index in [0.717, 1.165) is 21.3 Å². The second kappa shape index (κ2) is 12.7. The number of aromatic nitrogens is 2. The van der Waals surface area contributed by atoms with Gasteiger partial charge in [0.1, 0.15) is 18.2 Å². The number of amidine groups is 1. The van der Waals surface area contributed by atoms with Gasteiger partial charge in [0, 0.05) is 24.8 Å². The van der Waals surface area contributed by atoms with Crippen LogP contribution in [0.25, 0.3) is 11.0 Å². The molecule has 1 aromatic heterocycles. The first kappa shape index (κ1) is 29.6. The highest BCUT2D eigenvalue weighted by Gasteiger charge is 2.27. The van der Waals surface area contributed by atoms with E-state index in [1.807, 2.05) is 41.9 Å². The standard InChI is InChI=1S/C27H30N6O4S.ClH/c1-3-37-26(34)18-33(38(35,36)22-7-5-4-6-8-22)17-19-9-14-24-23(15-19)31-25(32(24)2)16-30-21-12-10-20(11-13-21)27(28)29;/h4-15,30H,3,16-18H2,1-2H3,(H3,28,29);1H. The molecule has 0 atom stereocenters. The maximum atomic E-state index is 13.3. The van der Waals surface area contributed by atoms with Gasteiger partial charge in [-0.15, -0.1) is 12.4 Å². The molecule has 3 aromatic carbocycles. The molecule has 0 saturated carbocycles. The van der Waals surface area contributed by atoms with E-state index in [2.05, 4.69) is 5.32 Å². The average molecular weight is 571 g/mol. The van der Waals surface area contributed by atoms with Crippen molar-refractivity contribution < 1.29 is 17.9 Å². The second-order valence-electron chi connectivity index (χ2n) is 8.65. The van der Waals surface area contributed by atoms with Gasteiger partial charge in [-0.3, -0.25) is 10.2 Å². The first-order valence-corrected chi connectivity index (χ1v) is 13.5. The van der Waals surface area contributed by atoms with Crippen LogP contribution in [0.15, 0.2) is 77.7 Å². The Balaban J connectivity index is 0.00000420. The number of rotatable bonds is 11. The van der Waals surface area contributed by atoms with Crippen LogP contribution in [0.5, 0.6) is 0 Å². The summed E-state index contributed by atoms with van der Waals surface area (Å²) in [6.45, 7) is 1.88. The molecule has 0 saturated heterocycles. The predicted molar refractivity (Wildman–Crippen MR) is 153 cm³/mol. The van der Waals surface area contributed by atoms with Crippen LogP contribution >= 0.6 is 12.4 Å². The fourth-order valence-electron chi connectivity index (χ4n) is 4.02. The molecular weight excluding hydrogens is 540 g/mol. The molecule has 0 bridgehead atoms.